The average Bonchev–Trinajstić information content (AvgIpc) is 2.77. The topological polar surface area (TPSA) is 67.9 Å². The summed E-state index contributed by atoms with van der Waals surface area (Å²) < 4.78 is 10.4. The minimum atomic E-state index is -0.266. The molecular formula is C23H24N2O4. The summed E-state index contributed by atoms with van der Waals surface area (Å²) in [7, 11) is 3.06. The van der Waals surface area contributed by atoms with Crippen molar-refractivity contribution in [3.8, 4) is 23.3 Å². The molecule has 29 heavy (non-hydrogen) atoms. The second-order valence-corrected chi connectivity index (χ2v) is 6.60. The van der Waals surface area contributed by atoms with Gasteiger partial charge in [0.25, 0.3) is 5.91 Å². The number of methoxy groups -OCH3 is 2. The van der Waals surface area contributed by atoms with Crippen LogP contribution in [0, 0.1) is 11.8 Å². The molecule has 3 rings (SSSR count). The van der Waals surface area contributed by atoms with Crippen molar-refractivity contribution < 1.29 is 19.1 Å². The number of carbonyl (C=O) groups excluding carboxylic acids is 2. The molecule has 0 aliphatic carbocycles. The average molecular weight is 392 g/mol. The third-order valence-corrected chi connectivity index (χ3v) is 4.73. The van der Waals surface area contributed by atoms with E-state index >= 15 is 0 Å². The highest BCUT2D eigenvalue weighted by atomic mass is 16.5. The molecule has 150 valence electrons. The van der Waals surface area contributed by atoms with Crippen molar-refractivity contribution in [1.29, 1.82) is 0 Å². The minimum Gasteiger partial charge on any atom is -0.497 e. The van der Waals surface area contributed by atoms with Crippen molar-refractivity contribution in [2.75, 3.05) is 32.2 Å². The molecule has 0 unspecified atom stereocenters. The Morgan fingerprint density at radius 3 is 2.59 bits per heavy atom. The van der Waals surface area contributed by atoms with Crippen LogP contribution in [-0.4, -0.2) is 39.1 Å². The molecule has 1 aliphatic rings. The van der Waals surface area contributed by atoms with E-state index in [0.29, 0.717) is 23.5 Å². The van der Waals surface area contributed by atoms with Crippen molar-refractivity contribution >= 4 is 17.5 Å². The number of carbonyl (C=O) groups is 2. The van der Waals surface area contributed by atoms with E-state index in [1.54, 1.807) is 25.3 Å². The molecule has 2 aromatic rings. The monoisotopic (exact) mass is 392 g/mol. The molecule has 0 bridgehead atoms. The number of piperidine rings is 1. The summed E-state index contributed by atoms with van der Waals surface area (Å²) in [6.07, 6.45) is 2.61. The summed E-state index contributed by atoms with van der Waals surface area (Å²) in [5, 5.41) is 2.76. The van der Waals surface area contributed by atoms with Gasteiger partial charge < -0.3 is 19.7 Å². The van der Waals surface area contributed by atoms with Crippen molar-refractivity contribution in [3.63, 3.8) is 0 Å². The lowest BCUT2D eigenvalue weighted by molar-refractivity contribution is -0.119. The largest absolute Gasteiger partial charge is 0.497 e. The fraction of sp³-hybridized carbons (Fsp3) is 0.304. The van der Waals surface area contributed by atoms with Crippen LogP contribution in [0.2, 0.25) is 0 Å². The van der Waals surface area contributed by atoms with Crippen LogP contribution in [0.5, 0.6) is 11.5 Å². The van der Waals surface area contributed by atoms with Gasteiger partial charge in [0.2, 0.25) is 5.91 Å². The molecule has 0 spiro atoms. The van der Waals surface area contributed by atoms with Crippen molar-refractivity contribution in [2.24, 2.45) is 0 Å². The van der Waals surface area contributed by atoms with Gasteiger partial charge in [-0.2, -0.15) is 0 Å². The van der Waals surface area contributed by atoms with Crippen LogP contribution in [0.1, 0.15) is 35.2 Å². The second-order valence-electron chi connectivity index (χ2n) is 6.60. The molecule has 1 N–H and O–H groups in total. The number of rotatable bonds is 5. The van der Waals surface area contributed by atoms with E-state index in [9.17, 15) is 9.59 Å². The SMILES string of the molecule is COc1ccc(C(=O)NCC#Cc2ccc(N3CCCCC3=O)cc2)c(OC)c1. The maximum Gasteiger partial charge on any atom is 0.255 e. The van der Waals surface area contributed by atoms with Crippen LogP contribution < -0.4 is 19.7 Å². The first-order valence-electron chi connectivity index (χ1n) is 9.52. The van der Waals surface area contributed by atoms with Crippen molar-refractivity contribution in [1.82, 2.24) is 5.32 Å². The smallest absolute Gasteiger partial charge is 0.255 e. The Bertz CT molecular complexity index is 942. The van der Waals surface area contributed by atoms with Gasteiger partial charge in [-0.25, -0.2) is 0 Å². The Hall–Kier alpha value is -3.46. The molecule has 0 saturated carbocycles. The van der Waals surface area contributed by atoms with Gasteiger partial charge in [0.15, 0.2) is 0 Å². The number of hydrogen-bond acceptors (Lipinski definition) is 4. The molecule has 1 fully saturated rings. The van der Waals surface area contributed by atoms with Gasteiger partial charge in [-0.1, -0.05) is 11.8 Å². The number of ether oxygens (including phenoxy) is 2. The molecule has 1 aliphatic heterocycles. The van der Waals surface area contributed by atoms with Gasteiger partial charge >= 0.3 is 0 Å². The van der Waals surface area contributed by atoms with Crippen LogP contribution in [0.4, 0.5) is 5.69 Å². The Labute approximate surface area is 170 Å². The highest BCUT2D eigenvalue weighted by Crippen LogP contribution is 2.24. The molecule has 1 heterocycles. The third kappa shape index (κ3) is 5.08. The molecule has 1 saturated heterocycles. The molecule has 2 amide bonds. The van der Waals surface area contributed by atoms with Gasteiger partial charge in [-0.3, -0.25) is 9.59 Å². The Balaban J connectivity index is 1.57. The summed E-state index contributed by atoms with van der Waals surface area (Å²) >= 11 is 0. The zero-order valence-electron chi connectivity index (χ0n) is 16.7. The number of anilines is 1. The first-order valence-corrected chi connectivity index (χ1v) is 9.52. The van der Waals surface area contributed by atoms with Gasteiger partial charge in [0.1, 0.15) is 11.5 Å². The summed E-state index contributed by atoms with van der Waals surface area (Å²) in [4.78, 5) is 26.2. The Kier molecular flexibility index (Phi) is 6.75. The number of hydrogen-bond donors (Lipinski definition) is 1. The van der Waals surface area contributed by atoms with Crippen LogP contribution in [0.3, 0.4) is 0 Å². The normalized spacial score (nSPS) is 13.3. The summed E-state index contributed by atoms with van der Waals surface area (Å²) in [5.74, 6) is 6.93. The van der Waals surface area contributed by atoms with Gasteiger partial charge in [0.05, 0.1) is 26.3 Å². The lowest BCUT2D eigenvalue weighted by atomic mass is 10.1. The Morgan fingerprint density at radius 1 is 1.10 bits per heavy atom. The van der Waals surface area contributed by atoms with Gasteiger partial charge in [-0.15, -0.1) is 0 Å². The minimum absolute atomic E-state index is 0.173. The first kappa shape index (κ1) is 20.3. The zero-order valence-corrected chi connectivity index (χ0v) is 16.7. The van der Waals surface area contributed by atoms with E-state index < -0.39 is 0 Å². The summed E-state index contributed by atoms with van der Waals surface area (Å²) in [6.45, 7) is 0.977. The lowest BCUT2D eigenvalue weighted by Crippen LogP contribution is -2.35. The predicted octanol–water partition coefficient (Wildman–Crippen LogP) is 3.00. The van der Waals surface area contributed by atoms with E-state index in [4.69, 9.17) is 9.47 Å². The lowest BCUT2D eigenvalue weighted by Gasteiger charge is -2.26. The molecule has 6 nitrogen and oxygen atoms in total. The predicted molar refractivity (Wildman–Crippen MR) is 111 cm³/mol. The van der Waals surface area contributed by atoms with E-state index in [-0.39, 0.29) is 18.4 Å². The van der Waals surface area contributed by atoms with Gasteiger partial charge in [0, 0.05) is 30.3 Å². The molecule has 0 radical (unpaired) electrons. The van der Waals surface area contributed by atoms with Crippen molar-refractivity contribution in [2.45, 2.75) is 19.3 Å². The van der Waals surface area contributed by atoms with E-state index in [1.165, 1.54) is 7.11 Å². The Morgan fingerprint density at radius 2 is 1.90 bits per heavy atom. The molecule has 0 atom stereocenters. The zero-order chi connectivity index (χ0) is 20.6. The maximum atomic E-state index is 12.3. The molecular weight excluding hydrogens is 368 g/mol. The molecule has 0 aromatic heterocycles. The first-order chi connectivity index (χ1) is 14.1. The fourth-order valence-electron chi connectivity index (χ4n) is 3.16. The van der Waals surface area contributed by atoms with Crippen LogP contribution in [-0.2, 0) is 4.79 Å². The number of nitrogens with zero attached hydrogens (tertiary/aromatic N) is 1. The summed E-state index contributed by atoms with van der Waals surface area (Å²) in [5.41, 5.74) is 2.15. The van der Waals surface area contributed by atoms with Crippen LogP contribution in [0.25, 0.3) is 0 Å². The number of nitrogens with one attached hydrogen (secondary N) is 1. The molecule has 6 heteroatoms. The highest BCUT2D eigenvalue weighted by Gasteiger charge is 2.19. The fourth-order valence-corrected chi connectivity index (χ4v) is 3.16. The van der Waals surface area contributed by atoms with Crippen molar-refractivity contribution in [3.05, 3.63) is 53.6 Å². The third-order valence-electron chi connectivity index (χ3n) is 4.73. The number of amides is 2. The quantitative estimate of drug-likeness (QED) is 0.795. The van der Waals surface area contributed by atoms with E-state index in [0.717, 1.165) is 30.6 Å². The number of benzene rings is 2. The van der Waals surface area contributed by atoms with Crippen LogP contribution in [0.15, 0.2) is 42.5 Å². The highest BCUT2D eigenvalue weighted by molar-refractivity contribution is 5.97. The van der Waals surface area contributed by atoms with Gasteiger partial charge in [-0.05, 0) is 49.2 Å². The summed E-state index contributed by atoms with van der Waals surface area (Å²) in [6, 6.07) is 12.6. The standard InChI is InChI=1S/C23H24N2O4/c1-28-19-12-13-20(21(16-19)29-2)23(27)24-14-5-6-17-8-10-18(11-9-17)25-15-4-3-7-22(25)26/h8-13,16H,3-4,7,14-15H2,1-2H3,(H,24,27). The molecule has 2 aromatic carbocycles. The van der Waals surface area contributed by atoms with E-state index in [2.05, 4.69) is 17.2 Å². The van der Waals surface area contributed by atoms with Crippen LogP contribution >= 0.6 is 0 Å². The van der Waals surface area contributed by atoms with E-state index in [1.807, 2.05) is 29.2 Å². The second kappa shape index (κ2) is 9.65. The maximum absolute atomic E-state index is 12.3.